The number of hydrazone groups is 1. The smallest absolute Gasteiger partial charge is 0.240 e. The van der Waals surface area contributed by atoms with Crippen LogP contribution < -0.4 is 10.7 Å². The number of rotatable bonds is 5. The molecule has 1 aromatic rings. The Labute approximate surface area is 128 Å². The Morgan fingerprint density at radius 3 is 2.76 bits per heavy atom. The van der Waals surface area contributed by atoms with Gasteiger partial charge in [-0.15, -0.1) is 0 Å². The Morgan fingerprint density at radius 1 is 1.43 bits per heavy atom. The Bertz CT molecular complexity index is 555. The normalized spacial score (nSPS) is 17.9. The molecule has 1 atom stereocenters. The highest BCUT2D eigenvalue weighted by molar-refractivity contribution is 7.99. The number of nitrogens with zero attached hydrogens (tertiary/aromatic N) is 1. The molecule has 0 saturated carbocycles. The van der Waals surface area contributed by atoms with E-state index in [2.05, 4.69) is 15.8 Å². The lowest BCUT2D eigenvalue weighted by Crippen LogP contribution is -2.31. The quantitative estimate of drug-likeness (QED) is 0.876. The largest absolute Gasteiger partial charge is 0.325 e. The van der Waals surface area contributed by atoms with Crippen molar-refractivity contribution in [2.45, 2.75) is 20.3 Å². The Kier molecular flexibility index (Phi) is 5.38. The van der Waals surface area contributed by atoms with Crippen LogP contribution in [0.15, 0.2) is 29.4 Å². The van der Waals surface area contributed by atoms with Gasteiger partial charge in [-0.3, -0.25) is 9.59 Å². The zero-order valence-electron chi connectivity index (χ0n) is 12.2. The third-order valence-electron chi connectivity index (χ3n) is 3.16. The van der Waals surface area contributed by atoms with E-state index in [0.717, 1.165) is 22.7 Å². The average Bonchev–Trinajstić information content (AvgIpc) is 2.46. The van der Waals surface area contributed by atoms with Crippen LogP contribution in [0.25, 0.3) is 0 Å². The van der Waals surface area contributed by atoms with Crippen LogP contribution in [-0.4, -0.2) is 29.0 Å². The molecule has 0 saturated heterocycles. The van der Waals surface area contributed by atoms with Gasteiger partial charge in [0.05, 0.1) is 11.5 Å². The number of hydrogen-bond donors (Lipinski definition) is 2. The van der Waals surface area contributed by atoms with E-state index in [1.165, 1.54) is 0 Å². The summed E-state index contributed by atoms with van der Waals surface area (Å²) in [5.74, 6) is 1.44. The molecule has 2 amide bonds. The highest BCUT2D eigenvalue weighted by Crippen LogP contribution is 2.18. The molecule has 112 valence electrons. The van der Waals surface area contributed by atoms with E-state index in [1.54, 1.807) is 11.8 Å². The van der Waals surface area contributed by atoms with Gasteiger partial charge in [-0.25, -0.2) is 5.43 Å². The van der Waals surface area contributed by atoms with E-state index >= 15 is 0 Å². The zero-order valence-corrected chi connectivity index (χ0v) is 13.0. The van der Waals surface area contributed by atoms with E-state index in [1.807, 2.05) is 38.1 Å². The van der Waals surface area contributed by atoms with Gasteiger partial charge in [0.15, 0.2) is 0 Å². The minimum atomic E-state index is -0.0523. The molecule has 0 fully saturated rings. The van der Waals surface area contributed by atoms with Crippen molar-refractivity contribution in [1.82, 2.24) is 5.43 Å². The topological polar surface area (TPSA) is 70.6 Å². The second-order valence-electron chi connectivity index (χ2n) is 4.90. The molecular weight excluding hydrogens is 286 g/mol. The zero-order chi connectivity index (χ0) is 15.2. The molecule has 2 rings (SSSR count). The van der Waals surface area contributed by atoms with Crippen LogP contribution in [0, 0.1) is 5.92 Å². The molecule has 5 nitrogen and oxygen atoms in total. The van der Waals surface area contributed by atoms with Crippen molar-refractivity contribution in [3.8, 4) is 0 Å². The average molecular weight is 305 g/mol. The number of benzene rings is 1. The van der Waals surface area contributed by atoms with E-state index in [-0.39, 0.29) is 17.7 Å². The van der Waals surface area contributed by atoms with Crippen molar-refractivity contribution in [1.29, 1.82) is 0 Å². The van der Waals surface area contributed by atoms with Crippen molar-refractivity contribution in [2.24, 2.45) is 11.0 Å². The lowest BCUT2D eigenvalue weighted by Gasteiger charge is -2.19. The maximum absolute atomic E-state index is 11.6. The fourth-order valence-corrected chi connectivity index (χ4v) is 2.58. The summed E-state index contributed by atoms with van der Waals surface area (Å²) in [5, 5.41) is 6.98. The molecule has 1 aliphatic heterocycles. The summed E-state index contributed by atoms with van der Waals surface area (Å²) in [4.78, 5) is 22.9. The molecular formula is C15H19N3O2S. The number of carbonyl (C=O) groups excluding carboxylic acids is 2. The van der Waals surface area contributed by atoms with Crippen LogP contribution in [0.2, 0.25) is 0 Å². The highest BCUT2D eigenvalue weighted by atomic mass is 32.2. The number of nitrogens with one attached hydrogen (secondary N) is 2. The lowest BCUT2D eigenvalue weighted by molar-refractivity contribution is -0.122. The number of amides is 2. The maximum atomic E-state index is 11.6. The molecule has 0 radical (unpaired) electrons. The molecule has 0 spiro atoms. The van der Waals surface area contributed by atoms with Gasteiger partial charge in [0.2, 0.25) is 11.8 Å². The SMILES string of the molecule is CCSCC(=O)Nc1ccc(C2=NNC(=O)CC2C)cc1. The van der Waals surface area contributed by atoms with Crippen LogP contribution in [0.1, 0.15) is 25.8 Å². The van der Waals surface area contributed by atoms with Gasteiger partial charge in [-0.2, -0.15) is 16.9 Å². The van der Waals surface area contributed by atoms with Gasteiger partial charge < -0.3 is 5.32 Å². The summed E-state index contributed by atoms with van der Waals surface area (Å²) in [6, 6.07) is 7.54. The van der Waals surface area contributed by atoms with Crippen LogP contribution >= 0.6 is 11.8 Å². The number of anilines is 1. The predicted molar refractivity (Wildman–Crippen MR) is 86.5 cm³/mol. The number of carbonyl (C=O) groups is 2. The molecule has 1 aliphatic rings. The molecule has 0 bridgehead atoms. The van der Waals surface area contributed by atoms with Gasteiger partial charge >= 0.3 is 0 Å². The third-order valence-corrected chi connectivity index (χ3v) is 4.04. The number of hydrogen-bond acceptors (Lipinski definition) is 4. The van der Waals surface area contributed by atoms with Gasteiger partial charge in [0.1, 0.15) is 0 Å². The van der Waals surface area contributed by atoms with Crippen molar-refractivity contribution in [3.63, 3.8) is 0 Å². The van der Waals surface area contributed by atoms with Gasteiger partial charge in [-0.1, -0.05) is 26.0 Å². The van der Waals surface area contributed by atoms with Crippen LogP contribution in [0.3, 0.4) is 0 Å². The van der Waals surface area contributed by atoms with Crippen molar-refractivity contribution < 1.29 is 9.59 Å². The first-order chi connectivity index (χ1) is 10.1. The predicted octanol–water partition coefficient (Wildman–Crippen LogP) is 2.24. The first kappa shape index (κ1) is 15.6. The second-order valence-corrected chi connectivity index (χ2v) is 6.17. The van der Waals surface area contributed by atoms with Crippen LogP contribution in [-0.2, 0) is 9.59 Å². The summed E-state index contributed by atoms with van der Waals surface area (Å²) in [7, 11) is 0. The Balaban J connectivity index is 2.02. The highest BCUT2D eigenvalue weighted by Gasteiger charge is 2.21. The van der Waals surface area contributed by atoms with Crippen LogP contribution in [0.4, 0.5) is 5.69 Å². The molecule has 1 heterocycles. The molecule has 6 heteroatoms. The van der Waals surface area contributed by atoms with Crippen molar-refractivity contribution in [2.75, 3.05) is 16.8 Å². The first-order valence-corrected chi connectivity index (χ1v) is 8.10. The first-order valence-electron chi connectivity index (χ1n) is 6.94. The summed E-state index contributed by atoms with van der Waals surface area (Å²) in [5.41, 5.74) is 5.11. The molecule has 0 aliphatic carbocycles. The summed E-state index contributed by atoms with van der Waals surface area (Å²) in [6.07, 6.45) is 0.450. The minimum absolute atomic E-state index is 0.00485. The fourth-order valence-electron chi connectivity index (χ4n) is 2.12. The molecule has 2 N–H and O–H groups in total. The van der Waals surface area contributed by atoms with Gasteiger partial charge in [0, 0.05) is 18.0 Å². The fraction of sp³-hybridized carbons (Fsp3) is 0.400. The molecule has 1 aromatic carbocycles. The summed E-state index contributed by atoms with van der Waals surface area (Å²) >= 11 is 1.59. The summed E-state index contributed by atoms with van der Waals surface area (Å²) in [6.45, 7) is 4.01. The molecule has 1 unspecified atom stereocenters. The third kappa shape index (κ3) is 4.32. The molecule has 21 heavy (non-hydrogen) atoms. The van der Waals surface area contributed by atoms with Crippen molar-refractivity contribution in [3.05, 3.63) is 29.8 Å². The van der Waals surface area contributed by atoms with Gasteiger partial charge in [-0.05, 0) is 23.4 Å². The Hall–Kier alpha value is -1.82. The molecule has 0 aromatic heterocycles. The van der Waals surface area contributed by atoms with E-state index in [9.17, 15) is 9.59 Å². The van der Waals surface area contributed by atoms with E-state index < -0.39 is 0 Å². The maximum Gasteiger partial charge on any atom is 0.240 e. The van der Waals surface area contributed by atoms with Crippen LogP contribution in [0.5, 0.6) is 0 Å². The van der Waals surface area contributed by atoms with E-state index in [0.29, 0.717) is 12.2 Å². The van der Waals surface area contributed by atoms with E-state index in [4.69, 9.17) is 0 Å². The lowest BCUT2D eigenvalue weighted by atomic mass is 9.94. The standard InChI is InChI=1S/C15H19N3O2S/c1-3-21-9-14(20)16-12-6-4-11(5-7-12)15-10(2)8-13(19)17-18-15/h4-7,10H,3,8-9H2,1-2H3,(H,16,20)(H,17,19). The van der Waals surface area contributed by atoms with Crippen molar-refractivity contribution >= 4 is 35.0 Å². The monoisotopic (exact) mass is 305 g/mol. The Morgan fingerprint density at radius 2 is 2.14 bits per heavy atom. The summed E-state index contributed by atoms with van der Waals surface area (Å²) < 4.78 is 0. The minimum Gasteiger partial charge on any atom is -0.325 e. The van der Waals surface area contributed by atoms with Gasteiger partial charge in [0.25, 0.3) is 0 Å². The second kappa shape index (κ2) is 7.26. The number of thioether (sulfide) groups is 1.